The lowest BCUT2D eigenvalue weighted by Gasteiger charge is -2.16. The number of benzene rings is 3. The third-order valence-corrected chi connectivity index (χ3v) is 5.59. The maximum Gasteiger partial charge on any atom is 0.255 e. The van der Waals surface area contributed by atoms with E-state index in [0.29, 0.717) is 37.3 Å². The van der Waals surface area contributed by atoms with Gasteiger partial charge in [-0.1, -0.05) is 54.6 Å². The molecule has 0 aliphatic heterocycles. The molecule has 3 amide bonds. The summed E-state index contributed by atoms with van der Waals surface area (Å²) < 4.78 is 5.93. The number of primary amides is 1. The van der Waals surface area contributed by atoms with Gasteiger partial charge in [-0.25, -0.2) is 0 Å². The van der Waals surface area contributed by atoms with Crippen LogP contribution in [0.3, 0.4) is 0 Å². The number of rotatable bonds is 13. The highest BCUT2D eigenvalue weighted by Gasteiger charge is 2.17. The second-order valence-electron chi connectivity index (χ2n) is 8.22. The summed E-state index contributed by atoms with van der Waals surface area (Å²) in [5.41, 5.74) is 6.58. The fourth-order valence-corrected chi connectivity index (χ4v) is 3.70. The summed E-state index contributed by atoms with van der Waals surface area (Å²) in [4.78, 5) is 36.1. The molecule has 0 aromatic heterocycles. The quantitative estimate of drug-likeness (QED) is 0.282. The second-order valence-corrected chi connectivity index (χ2v) is 8.22. The highest BCUT2D eigenvalue weighted by atomic mass is 16.5. The Balaban J connectivity index is 1.50. The summed E-state index contributed by atoms with van der Waals surface area (Å²) in [7, 11) is 1.78. The predicted octanol–water partition coefficient (Wildman–Crippen LogP) is 2.16. The lowest BCUT2D eigenvalue weighted by atomic mass is 10.1. The first kappa shape index (κ1) is 25.7. The van der Waals surface area contributed by atoms with Crippen molar-refractivity contribution in [1.29, 1.82) is 0 Å². The maximum atomic E-state index is 12.6. The lowest BCUT2D eigenvalue weighted by molar-refractivity contribution is -0.123. The lowest BCUT2D eigenvalue weighted by Crippen LogP contribution is -2.44. The highest BCUT2D eigenvalue weighted by Crippen LogP contribution is 2.26. The van der Waals surface area contributed by atoms with E-state index in [4.69, 9.17) is 10.5 Å². The highest BCUT2D eigenvalue weighted by molar-refractivity contribution is 6.02. The van der Waals surface area contributed by atoms with E-state index >= 15 is 0 Å². The van der Waals surface area contributed by atoms with Crippen LogP contribution < -0.4 is 26.4 Å². The molecule has 0 saturated carbocycles. The Labute approximate surface area is 205 Å². The number of fused-ring (bicyclic) bond motifs is 1. The number of hydrogen-bond acceptors (Lipinski definition) is 5. The van der Waals surface area contributed by atoms with E-state index in [9.17, 15) is 14.4 Å². The van der Waals surface area contributed by atoms with Crippen LogP contribution in [0.5, 0.6) is 5.75 Å². The number of amides is 3. The first-order valence-electron chi connectivity index (χ1n) is 11.7. The Morgan fingerprint density at radius 3 is 2.29 bits per heavy atom. The van der Waals surface area contributed by atoms with E-state index in [1.165, 1.54) is 0 Å². The van der Waals surface area contributed by atoms with Crippen molar-refractivity contribution in [2.24, 2.45) is 5.73 Å². The molecule has 1 atom stereocenters. The zero-order valence-corrected chi connectivity index (χ0v) is 19.9. The molecular formula is C27H32N4O4. The van der Waals surface area contributed by atoms with Gasteiger partial charge < -0.3 is 26.4 Å². The summed E-state index contributed by atoms with van der Waals surface area (Å²) in [5.74, 6) is -0.644. The van der Waals surface area contributed by atoms with Crippen LogP contribution in [0, 0.1) is 0 Å². The Kier molecular flexibility index (Phi) is 9.62. The molecule has 8 heteroatoms. The van der Waals surface area contributed by atoms with Crippen LogP contribution in [-0.2, 0) is 16.0 Å². The number of nitrogens with one attached hydrogen (secondary N) is 3. The third-order valence-electron chi connectivity index (χ3n) is 5.59. The second kappa shape index (κ2) is 13.1. The number of carbonyl (C=O) groups is 3. The zero-order valence-electron chi connectivity index (χ0n) is 19.9. The van der Waals surface area contributed by atoms with Crippen molar-refractivity contribution < 1.29 is 19.1 Å². The molecule has 3 rings (SSSR count). The van der Waals surface area contributed by atoms with Crippen LogP contribution in [0.1, 0.15) is 28.8 Å². The van der Waals surface area contributed by atoms with Crippen LogP contribution in [0.25, 0.3) is 10.8 Å². The first-order valence-corrected chi connectivity index (χ1v) is 11.7. The molecule has 184 valence electrons. The van der Waals surface area contributed by atoms with E-state index in [-0.39, 0.29) is 18.5 Å². The van der Waals surface area contributed by atoms with Crippen LogP contribution >= 0.6 is 0 Å². The summed E-state index contributed by atoms with van der Waals surface area (Å²) in [6.07, 6.45) is 2.04. The van der Waals surface area contributed by atoms with Gasteiger partial charge in [0, 0.05) is 6.54 Å². The fourth-order valence-electron chi connectivity index (χ4n) is 3.70. The van der Waals surface area contributed by atoms with Gasteiger partial charge in [0.2, 0.25) is 11.8 Å². The third kappa shape index (κ3) is 7.82. The molecule has 0 bridgehead atoms. The van der Waals surface area contributed by atoms with Gasteiger partial charge in [0.1, 0.15) is 5.75 Å². The van der Waals surface area contributed by atoms with E-state index in [1.807, 2.05) is 60.7 Å². The predicted molar refractivity (Wildman–Crippen MR) is 136 cm³/mol. The van der Waals surface area contributed by atoms with Crippen molar-refractivity contribution in [2.75, 3.05) is 26.7 Å². The molecule has 0 radical (unpaired) electrons. The molecule has 0 aliphatic carbocycles. The van der Waals surface area contributed by atoms with Crippen molar-refractivity contribution in [3.05, 3.63) is 77.9 Å². The SMILES string of the molecule is CNC(Cc1ccccc1)C(=O)NCCCCOc1cc2ccccc2cc1C(=O)NCC(N)=O. The minimum absolute atomic E-state index is 0.0415. The minimum atomic E-state index is -0.618. The molecule has 1 unspecified atom stereocenters. The summed E-state index contributed by atoms with van der Waals surface area (Å²) in [5, 5.41) is 10.4. The van der Waals surface area contributed by atoms with Crippen LogP contribution in [0.4, 0.5) is 0 Å². The molecule has 8 nitrogen and oxygen atoms in total. The fraction of sp³-hybridized carbons (Fsp3) is 0.296. The zero-order chi connectivity index (χ0) is 25.0. The van der Waals surface area contributed by atoms with Gasteiger partial charge in [0.05, 0.1) is 24.8 Å². The van der Waals surface area contributed by atoms with Gasteiger partial charge >= 0.3 is 0 Å². The number of likely N-dealkylation sites (N-methyl/N-ethyl adjacent to an activating group) is 1. The Morgan fingerprint density at radius 1 is 0.914 bits per heavy atom. The molecule has 35 heavy (non-hydrogen) atoms. The van der Waals surface area contributed by atoms with Gasteiger partial charge in [0.15, 0.2) is 0 Å². The van der Waals surface area contributed by atoms with E-state index < -0.39 is 11.8 Å². The number of hydrogen-bond donors (Lipinski definition) is 4. The van der Waals surface area contributed by atoms with Gasteiger partial charge in [-0.05, 0) is 54.8 Å². The van der Waals surface area contributed by atoms with Crippen molar-refractivity contribution in [2.45, 2.75) is 25.3 Å². The molecule has 0 fully saturated rings. The number of nitrogens with two attached hydrogens (primary N) is 1. The smallest absolute Gasteiger partial charge is 0.255 e. The number of ether oxygens (including phenoxy) is 1. The largest absolute Gasteiger partial charge is 0.493 e. The van der Waals surface area contributed by atoms with Crippen LogP contribution in [0.15, 0.2) is 66.7 Å². The van der Waals surface area contributed by atoms with Crippen molar-refractivity contribution in [1.82, 2.24) is 16.0 Å². The van der Waals surface area contributed by atoms with Gasteiger partial charge in [-0.2, -0.15) is 0 Å². The van der Waals surface area contributed by atoms with Gasteiger partial charge in [-0.15, -0.1) is 0 Å². The van der Waals surface area contributed by atoms with E-state index in [2.05, 4.69) is 16.0 Å². The molecule has 0 heterocycles. The van der Waals surface area contributed by atoms with E-state index in [1.54, 1.807) is 13.1 Å². The Hall–Kier alpha value is -3.91. The first-order chi connectivity index (χ1) is 17.0. The van der Waals surface area contributed by atoms with Crippen molar-refractivity contribution >= 4 is 28.5 Å². The Bertz CT molecular complexity index is 1150. The normalized spacial score (nSPS) is 11.6. The topological polar surface area (TPSA) is 123 Å². The average Bonchev–Trinajstić information content (AvgIpc) is 2.87. The van der Waals surface area contributed by atoms with Gasteiger partial charge in [-0.3, -0.25) is 14.4 Å². The van der Waals surface area contributed by atoms with Crippen molar-refractivity contribution in [3.63, 3.8) is 0 Å². The molecular weight excluding hydrogens is 444 g/mol. The molecule has 3 aromatic rings. The summed E-state index contributed by atoms with van der Waals surface area (Å²) in [6.45, 7) is 0.658. The molecule has 0 aliphatic rings. The van der Waals surface area contributed by atoms with Gasteiger partial charge in [0.25, 0.3) is 5.91 Å². The minimum Gasteiger partial charge on any atom is -0.493 e. The van der Waals surface area contributed by atoms with Crippen LogP contribution in [0.2, 0.25) is 0 Å². The number of carbonyl (C=O) groups excluding carboxylic acids is 3. The van der Waals surface area contributed by atoms with Crippen LogP contribution in [-0.4, -0.2) is 50.5 Å². The standard InChI is InChI=1S/C27H32N4O4/c1-29-23(15-19-9-3-2-4-10-19)27(34)30-13-7-8-14-35-24-17-21-12-6-5-11-20(21)16-22(24)26(33)31-18-25(28)32/h2-6,9-12,16-17,23,29H,7-8,13-15,18H2,1H3,(H2,28,32)(H,30,34)(H,31,33). The summed E-state index contributed by atoms with van der Waals surface area (Å²) in [6, 6.07) is 20.8. The number of unbranched alkanes of at least 4 members (excludes halogenated alkanes) is 1. The monoisotopic (exact) mass is 476 g/mol. The summed E-state index contributed by atoms with van der Waals surface area (Å²) >= 11 is 0. The molecule has 5 N–H and O–H groups in total. The Morgan fingerprint density at radius 2 is 1.60 bits per heavy atom. The van der Waals surface area contributed by atoms with Crippen molar-refractivity contribution in [3.8, 4) is 5.75 Å². The molecule has 0 spiro atoms. The average molecular weight is 477 g/mol. The maximum absolute atomic E-state index is 12.6. The van der Waals surface area contributed by atoms with E-state index in [0.717, 1.165) is 22.8 Å². The molecule has 0 saturated heterocycles. The molecule has 3 aromatic carbocycles.